The molecule has 4 nitrogen and oxygen atoms in total. The zero-order valence-corrected chi connectivity index (χ0v) is 11.4. The monoisotopic (exact) mass is 261 g/mol. The number of aliphatic carboxylic acids is 1. The second-order valence-electron chi connectivity index (χ2n) is 5.56. The van der Waals surface area contributed by atoms with Crippen molar-refractivity contribution in [1.29, 1.82) is 0 Å². The van der Waals surface area contributed by atoms with Crippen LogP contribution in [0.15, 0.2) is 12.1 Å². The molecule has 3 rings (SSSR count). The summed E-state index contributed by atoms with van der Waals surface area (Å²) in [5.74, 6) is 0.0762. The van der Waals surface area contributed by atoms with Crippen LogP contribution in [-0.4, -0.2) is 31.8 Å². The summed E-state index contributed by atoms with van der Waals surface area (Å²) in [6.45, 7) is 0.967. The lowest BCUT2D eigenvalue weighted by atomic mass is 9.64. The minimum Gasteiger partial charge on any atom is -0.496 e. The predicted molar refractivity (Wildman–Crippen MR) is 73.1 cm³/mol. The van der Waals surface area contributed by atoms with Crippen molar-refractivity contribution >= 4 is 11.7 Å². The fraction of sp³-hybridized carbons (Fsp3) is 0.533. The first-order valence-corrected chi connectivity index (χ1v) is 6.75. The molecule has 19 heavy (non-hydrogen) atoms. The summed E-state index contributed by atoms with van der Waals surface area (Å²) in [4.78, 5) is 13.9. The number of hydrogen-bond donors (Lipinski definition) is 1. The summed E-state index contributed by atoms with van der Waals surface area (Å²) in [5.41, 5.74) is 2.47. The first-order valence-electron chi connectivity index (χ1n) is 6.75. The minimum absolute atomic E-state index is 0.716. The van der Waals surface area contributed by atoms with E-state index in [0.717, 1.165) is 36.3 Å². The summed E-state index contributed by atoms with van der Waals surface area (Å²) in [7, 11) is 3.70. The Morgan fingerprint density at radius 1 is 1.42 bits per heavy atom. The molecule has 1 N–H and O–H groups in total. The van der Waals surface area contributed by atoms with E-state index in [2.05, 4.69) is 11.9 Å². The highest BCUT2D eigenvalue weighted by atomic mass is 16.5. The van der Waals surface area contributed by atoms with E-state index < -0.39 is 11.4 Å². The van der Waals surface area contributed by atoms with Crippen molar-refractivity contribution in [2.45, 2.75) is 31.1 Å². The second-order valence-corrected chi connectivity index (χ2v) is 5.56. The molecule has 1 aromatic rings. The fourth-order valence-electron chi connectivity index (χ4n) is 3.36. The van der Waals surface area contributed by atoms with Gasteiger partial charge in [-0.25, -0.2) is 0 Å². The lowest BCUT2D eigenvalue weighted by Crippen LogP contribution is -2.42. The van der Waals surface area contributed by atoms with E-state index in [1.165, 1.54) is 5.69 Å². The highest BCUT2D eigenvalue weighted by Gasteiger charge is 2.48. The van der Waals surface area contributed by atoms with Crippen molar-refractivity contribution in [3.05, 3.63) is 23.3 Å². The average Bonchev–Trinajstić information content (AvgIpc) is 2.69. The Morgan fingerprint density at radius 2 is 2.16 bits per heavy atom. The molecule has 1 saturated carbocycles. The van der Waals surface area contributed by atoms with Crippen LogP contribution in [0.4, 0.5) is 5.69 Å². The van der Waals surface area contributed by atoms with Crippen molar-refractivity contribution in [1.82, 2.24) is 0 Å². The molecular weight excluding hydrogens is 242 g/mol. The van der Waals surface area contributed by atoms with Gasteiger partial charge in [0.2, 0.25) is 0 Å². The Labute approximate surface area is 113 Å². The number of fused-ring (bicyclic) bond motifs is 1. The van der Waals surface area contributed by atoms with Gasteiger partial charge in [-0.15, -0.1) is 0 Å². The standard InChI is InChI=1S/C15H19NO3/c1-16-9-6-10-12(16)5-4-11(13(10)19-2)15(14(17)18)7-3-8-15/h4-5H,3,6-9H2,1-2H3,(H,17,18). The maximum atomic E-state index is 11.7. The third-order valence-electron chi connectivity index (χ3n) is 4.68. The van der Waals surface area contributed by atoms with E-state index in [0.29, 0.717) is 12.8 Å². The molecule has 1 heterocycles. The Morgan fingerprint density at radius 3 is 2.68 bits per heavy atom. The summed E-state index contributed by atoms with van der Waals surface area (Å²) < 4.78 is 5.58. The molecule has 0 atom stereocenters. The molecule has 0 spiro atoms. The molecule has 1 aliphatic heterocycles. The molecule has 1 fully saturated rings. The molecule has 0 bridgehead atoms. The quantitative estimate of drug-likeness (QED) is 0.906. The normalized spacial score (nSPS) is 19.8. The Kier molecular flexibility index (Phi) is 2.69. The number of carboxylic acids is 1. The van der Waals surface area contributed by atoms with Crippen LogP contribution in [0.5, 0.6) is 5.75 Å². The zero-order chi connectivity index (χ0) is 13.6. The molecular formula is C15H19NO3. The lowest BCUT2D eigenvalue weighted by molar-refractivity contribution is -0.147. The van der Waals surface area contributed by atoms with Gasteiger partial charge in [0, 0.05) is 30.4 Å². The molecule has 1 aliphatic carbocycles. The third-order valence-corrected chi connectivity index (χ3v) is 4.68. The smallest absolute Gasteiger partial charge is 0.314 e. The van der Waals surface area contributed by atoms with Gasteiger partial charge in [0.1, 0.15) is 5.75 Å². The van der Waals surface area contributed by atoms with Crippen LogP contribution in [0.2, 0.25) is 0 Å². The number of rotatable bonds is 3. The zero-order valence-electron chi connectivity index (χ0n) is 11.4. The molecule has 0 unspecified atom stereocenters. The van der Waals surface area contributed by atoms with E-state index >= 15 is 0 Å². The molecule has 2 aliphatic rings. The number of carbonyl (C=O) groups is 1. The molecule has 0 aromatic heterocycles. The van der Waals surface area contributed by atoms with E-state index in [-0.39, 0.29) is 0 Å². The predicted octanol–water partition coefficient (Wildman–Crippen LogP) is 2.19. The van der Waals surface area contributed by atoms with Crippen molar-refractivity contribution in [2.75, 3.05) is 25.6 Å². The van der Waals surface area contributed by atoms with E-state index in [1.807, 2.05) is 12.1 Å². The van der Waals surface area contributed by atoms with Gasteiger partial charge in [-0.2, -0.15) is 0 Å². The third kappa shape index (κ3) is 1.55. The number of hydrogen-bond acceptors (Lipinski definition) is 3. The molecule has 102 valence electrons. The minimum atomic E-state index is -0.721. The van der Waals surface area contributed by atoms with Gasteiger partial charge in [0.25, 0.3) is 0 Å². The van der Waals surface area contributed by atoms with Gasteiger partial charge >= 0.3 is 5.97 Å². The highest BCUT2D eigenvalue weighted by Crippen LogP contribution is 2.50. The first-order chi connectivity index (χ1) is 9.10. The number of ether oxygens (including phenoxy) is 1. The lowest BCUT2D eigenvalue weighted by Gasteiger charge is -2.39. The summed E-state index contributed by atoms with van der Waals surface area (Å²) >= 11 is 0. The molecule has 4 heteroatoms. The maximum Gasteiger partial charge on any atom is 0.314 e. The van der Waals surface area contributed by atoms with Crippen LogP contribution in [-0.2, 0) is 16.6 Å². The van der Waals surface area contributed by atoms with E-state index in [4.69, 9.17) is 4.74 Å². The van der Waals surface area contributed by atoms with E-state index in [9.17, 15) is 9.90 Å². The number of nitrogens with zero attached hydrogens (tertiary/aromatic N) is 1. The van der Waals surface area contributed by atoms with E-state index in [1.54, 1.807) is 7.11 Å². The number of methoxy groups -OCH3 is 1. The number of benzene rings is 1. The molecule has 0 amide bonds. The van der Waals surface area contributed by atoms with Gasteiger partial charge in [-0.3, -0.25) is 4.79 Å². The van der Waals surface area contributed by atoms with Crippen molar-refractivity contribution in [2.24, 2.45) is 0 Å². The Hall–Kier alpha value is -1.71. The fourth-order valence-corrected chi connectivity index (χ4v) is 3.36. The first kappa shape index (κ1) is 12.3. The van der Waals surface area contributed by atoms with Crippen LogP contribution in [0.3, 0.4) is 0 Å². The van der Waals surface area contributed by atoms with Gasteiger partial charge in [0.05, 0.1) is 12.5 Å². The van der Waals surface area contributed by atoms with Crippen molar-refractivity contribution in [3.8, 4) is 5.75 Å². The Balaban J connectivity index is 2.15. The van der Waals surface area contributed by atoms with Crippen LogP contribution in [0.1, 0.15) is 30.4 Å². The van der Waals surface area contributed by atoms with Gasteiger partial charge in [-0.1, -0.05) is 12.5 Å². The largest absolute Gasteiger partial charge is 0.496 e. The number of anilines is 1. The van der Waals surface area contributed by atoms with Crippen LogP contribution < -0.4 is 9.64 Å². The van der Waals surface area contributed by atoms with Gasteiger partial charge in [0.15, 0.2) is 0 Å². The summed E-state index contributed by atoms with van der Waals surface area (Å²) in [6.07, 6.45) is 3.34. The summed E-state index contributed by atoms with van der Waals surface area (Å²) in [6, 6.07) is 4.00. The SMILES string of the molecule is COc1c(C2(C(=O)O)CCC2)ccc2c1CCN2C. The number of likely N-dealkylation sites (N-methyl/N-ethyl adjacent to an activating group) is 1. The van der Waals surface area contributed by atoms with Crippen LogP contribution in [0.25, 0.3) is 0 Å². The highest BCUT2D eigenvalue weighted by molar-refractivity contribution is 5.85. The number of carboxylic acid groups (broad SMARTS) is 1. The molecule has 1 aromatic carbocycles. The van der Waals surface area contributed by atoms with Crippen molar-refractivity contribution in [3.63, 3.8) is 0 Å². The van der Waals surface area contributed by atoms with Crippen LogP contribution >= 0.6 is 0 Å². The maximum absolute atomic E-state index is 11.7. The average molecular weight is 261 g/mol. The van der Waals surface area contributed by atoms with Crippen molar-refractivity contribution < 1.29 is 14.6 Å². The molecule has 0 radical (unpaired) electrons. The Bertz CT molecular complexity index is 534. The van der Waals surface area contributed by atoms with Gasteiger partial charge < -0.3 is 14.7 Å². The van der Waals surface area contributed by atoms with Gasteiger partial charge in [-0.05, 0) is 25.3 Å². The summed E-state index contributed by atoms with van der Waals surface area (Å²) in [5, 5.41) is 9.59. The molecule has 0 saturated heterocycles. The topological polar surface area (TPSA) is 49.8 Å². The second kappa shape index (κ2) is 4.15. The van der Waals surface area contributed by atoms with Crippen LogP contribution in [0, 0.1) is 0 Å².